The molecular weight excluding hydrogens is 252 g/mol. The fourth-order valence-electron chi connectivity index (χ4n) is 1.82. The summed E-state index contributed by atoms with van der Waals surface area (Å²) in [6.45, 7) is 2.02. The Hall–Kier alpha value is -1.26. The van der Waals surface area contributed by atoms with Crippen LogP contribution in [0.2, 0.25) is 5.02 Å². The van der Waals surface area contributed by atoms with Crippen molar-refractivity contribution in [2.24, 2.45) is 5.92 Å². The molecule has 0 saturated heterocycles. The number of carbonyl (C=O) groups excluding carboxylic acids is 1. The van der Waals surface area contributed by atoms with Crippen LogP contribution in [-0.2, 0) is 0 Å². The SMILES string of the molecule is CC(O)(CNC(=O)Nc1ccc(Cl)cc1)C1CC1. The molecule has 18 heavy (non-hydrogen) atoms. The average Bonchev–Trinajstić information content (AvgIpc) is 3.14. The van der Waals surface area contributed by atoms with Crippen molar-refractivity contribution in [1.29, 1.82) is 0 Å². The van der Waals surface area contributed by atoms with Gasteiger partial charge in [0.05, 0.1) is 5.60 Å². The molecule has 0 aromatic heterocycles. The van der Waals surface area contributed by atoms with E-state index in [4.69, 9.17) is 11.6 Å². The highest BCUT2D eigenvalue weighted by molar-refractivity contribution is 6.30. The van der Waals surface area contributed by atoms with E-state index in [2.05, 4.69) is 10.6 Å². The third kappa shape index (κ3) is 3.62. The highest BCUT2D eigenvalue weighted by Crippen LogP contribution is 2.38. The molecule has 1 unspecified atom stereocenters. The number of nitrogens with one attached hydrogen (secondary N) is 2. The van der Waals surface area contributed by atoms with Crippen LogP contribution in [0, 0.1) is 5.92 Å². The van der Waals surface area contributed by atoms with Gasteiger partial charge in [-0.15, -0.1) is 0 Å². The Morgan fingerprint density at radius 3 is 2.61 bits per heavy atom. The van der Waals surface area contributed by atoms with Gasteiger partial charge in [0, 0.05) is 17.3 Å². The van der Waals surface area contributed by atoms with E-state index in [0.29, 0.717) is 16.6 Å². The van der Waals surface area contributed by atoms with Crippen molar-refractivity contribution in [3.05, 3.63) is 29.3 Å². The Morgan fingerprint density at radius 2 is 2.06 bits per heavy atom. The summed E-state index contributed by atoms with van der Waals surface area (Å²) in [5, 5.41) is 16.0. The molecule has 1 atom stereocenters. The lowest BCUT2D eigenvalue weighted by molar-refractivity contribution is 0.0398. The lowest BCUT2D eigenvalue weighted by atomic mass is 10.0. The van der Waals surface area contributed by atoms with E-state index in [1.807, 2.05) is 0 Å². The molecule has 1 aromatic carbocycles. The maximum absolute atomic E-state index is 11.6. The Bertz CT molecular complexity index is 427. The standard InChI is InChI=1S/C13H17ClN2O2/c1-13(18,9-2-3-9)8-15-12(17)16-11-6-4-10(14)5-7-11/h4-7,9,18H,2-3,8H2,1H3,(H2,15,16,17). The fourth-order valence-corrected chi connectivity index (χ4v) is 1.94. The molecule has 0 radical (unpaired) electrons. The first-order valence-electron chi connectivity index (χ1n) is 6.00. The van der Waals surface area contributed by atoms with Crippen molar-refractivity contribution in [1.82, 2.24) is 5.32 Å². The number of hydrogen-bond donors (Lipinski definition) is 3. The van der Waals surface area contributed by atoms with Crippen molar-refractivity contribution in [3.63, 3.8) is 0 Å². The fraction of sp³-hybridized carbons (Fsp3) is 0.462. The smallest absolute Gasteiger partial charge is 0.319 e. The van der Waals surface area contributed by atoms with Crippen LogP contribution < -0.4 is 10.6 Å². The number of benzene rings is 1. The van der Waals surface area contributed by atoms with Gasteiger partial charge in [0.25, 0.3) is 0 Å². The van der Waals surface area contributed by atoms with E-state index in [1.165, 1.54) is 0 Å². The first kappa shape index (κ1) is 13.2. The normalized spacial score (nSPS) is 17.9. The van der Waals surface area contributed by atoms with Crippen molar-refractivity contribution >= 4 is 23.3 Å². The van der Waals surface area contributed by atoms with E-state index in [9.17, 15) is 9.90 Å². The summed E-state index contributed by atoms with van der Waals surface area (Å²) in [6.07, 6.45) is 2.07. The molecule has 0 aliphatic heterocycles. The molecule has 0 spiro atoms. The molecule has 0 heterocycles. The van der Waals surface area contributed by atoms with Crippen molar-refractivity contribution in [3.8, 4) is 0 Å². The first-order chi connectivity index (χ1) is 8.47. The van der Waals surface area contributed by atoms with Crippen LogP contribution in [0.25, 0.3) is 0 Å². The van der Waals surface area contributed by atoms with E-state index in [0.717, 1.165) is 12.8 Å². The number of amides is 2. The minimum atomic E-state index is -0.808. The molecule has 1 saturated carbocycles. The highest BCUT2D eigenvalue weighted by atomic mass is 35.5. The summed E-state index contributed by atoms with van der Waals surface area (Å²) in [6, 6.07) is 6.54. The zero-order valence-electron chi connectivity index (χ0n) is 10.2. The molecule has 1 aliphatic carbocycles. The average molecular weight is 269 g/mol. The molecule has 0 bridgehead atoms. The van der Waals surface area contributed by atoms with Crippen LogP contribution in [0.4, 0.5) is 10.5 Å². The Morgan fingerprint density at radius 1 is 1.44 bits per heavy atom. The number of urea groups is 1. The molecule has 5 heteroatoms. The lowest BCUT2D eigenvalue weighted by Crippen LogP contribution is -2.43. The summed E-state index contributed by atoms with van der Waals surface area (Å²) in [5.41, 5.74) is -0.139. The zero-order valence-corrected chi connectivity index (χ0v) is 11.0. The van der Waals surface area contributed by atoms with Crippen LogP contribution in [-0.4, -0.2) is 23.3 Å². The molecule has 3 N–H and O–H groups in total. The maximum atomic E-state index is 11.6. The number of aliphatic hydroxyl groups is 1. The van der Waals surface area contributed by atoms with Gasteiger partial charge in [-0.2, -0.15) is 0 Å². The van der Waals surface area contributed by atoms with E-state index in [1.54, 1.807) is 31.2 Å². The van der Waals surface area contributed by atoms with Gasteiger partial charge in [-0.1, -0.05) is 11.6 Å². The third-order valence-electron chi connectivity index (χ3n) is 3.17. The Kier molecular flexibility index (Phi) is 3.78. The number of anilines is 1. The topological polar surface area (TPSA) is 61.4 Å². The van der Waals surface area contributed by atoms with Gasteiger partial charge in [-0.05, 0) is 49.9 Å². The van der Waals surface area contributed by atoms with Crippen LogP contribution in [0.15, 0.2) is 24.3 Å². The summed E-state index contributed by atoms with van der Waals surface area (Å²) < 4.78 is 0. The van der Waals surface area contributed by atoms with E-state index >= 15 is 0 Å². The highest BCUT2D eigenvalue weighted by Gasteiger charge is 2.39. The van der Waals surface area contributed by atoms with E-state index < -0.39 is 5.60 Å². The maximum Gasteiger partial charge on any atom is 0.319 e. The number of hydrogen-bond acceptors (Lipinski definition) is 2. The molecule has 2 amide bonds. The van der Waals surface area contributed by atoms with Gasteiger partial charge in [0.15, 0.2) is 0 Å². The molecule has 1 fully saturated rings. The van der Waals surface area contributed by atoms with Crippen LogP contribution in [0.5, 0.6) is 0 Å². The van der Waals surface area contributed by atoms with Crippen molar-refractivity contribution < 1.29 is 9.90 Å². The zero-order chi connectivity index (χ0) is 13.2. The van der Waals surface area contributed by atoms with Gasteiger partial charge < -0.3 is 15.7 Å². The molecule has 4 nitrogen and oxygen atoms in total. The number of rotatable bonds is 4. The van der Waals surface area contributed by atoms with Crippen molar-refractivity contribution in [2.75, 3.05) is 11.9 Å². The minimum Gasteiger partial charge on any atom is -0.388 e. The summed E-state index contributed by atoms with van der Waals surface area (Å²) in [4.78, 5) is 11.6. The van der Waals surface area contributed by atoms with Gasteiger partial charge in [0.2, 0.25) is 0 Å². The van der Waals surface area contributed by atoms with Gasteiger partial charge in [0.1, 0.15) is 0 Å². The van der Waals surface area contributed by atoms with Crippen molar-refractivity contribution in [2.45, 2.75) is 25.4 Å². The van der Waals surface area contributed by atoms with E-state index in [-0.39, 0.29) is 12.6 Å². The quantitative estimate of drug-likeness (QED) is 0.786. The summed E-state index contributed by atoms with van der Waals surface area (Å²) in [7, 11) is 0. The summed E-state index contributed by atoms with van der Waals surface area (Å²) >= 11 is 5.75. The predicted molar refractivity (Wildman–Crippen MR) is 71.8 cm³/mol. The largest absolute Gasteiger partial charge is 0.388 e. The second-order valence-corrected chi connectivity index (χ2v) is 5.38. The molecule has 1 aliphatic rings. The lowest BCUT2D eigenvalue weighted by Gasteiger charge is -2.23. The van der Waals surface area contributed by atoms with Crippen LogP contribution in [0.3, 0.4) is 0 Å². The molecular formula is C13H17ClN2O2. The molecule has 98 valence electrons. The van der Waals surface area contributed by atoms with Crippen LogP contribution >= 0.6 is 11.6 Å². The summed E-state index contributed by atoms with van der Waals surface area (Å²) in [5.74, 6) is 0.313. The predicted octanol–water partition coefficient (Wildman–Crippen LogP) is 2.62. The number of carbonyl (C=O) groups is 1. The second kappa shape index (κ2) is 5.16. The Labute approximate surface area is 111 Å². The van der Waals surface area contributed by atoms with Gasteiger partial charge in [-0.25, -0.2) is 4.79 Å². The monoisotopic (exact) mass is 268 g/mol. The van der Waals surface area contributed by atoms with Gasteiger partial charge in [-0.3, -0.25) is 0 Å². The third-order valence-corrected chi connectivity index (χ3v) is 3.42. The van der Waals surface area contributed by atoms with Crippen LogP contribution in [0.1, 0.15) is 19.8 Å². The second-order valence-electron chi connectivity index (χ2n) is 4.95. The Balaban J connectivity index is 1.80. The first-order valence-corrected chi connectivity index (χ1v) is 6.38. The molecule has 1 aromatic rings. The number of halogens is 1. The minimum absolute atomic E-state index is 0.261. The van der Waals surface area contributed by atoms with Gasteiger partial charge >= 0.3 is 6.03 Å². The molecule has 2 rings (SSSR count).